The molecule has 2 rings (SSSR count). The fourth-order valence-corrected chi connectivity index (χ4v) is 2.58. The molecule has 2 aromatic rings. The second kappa shape index (κ2) is 7.06. The van der Waals surface area contributed by atoms with Crippen LogP contribution in [0.25, 0.3) is 11.0 Å². The molecule has 20 heavy (non-hydrogen) atoms. The molecule has 0 saturated heterocycles. The van der Waals surface area contributed by atoms with Crippen molar-refractivity contribution < 1.29 is 9.47 Å². The van der Waals surface area contributed by atoms with Gasteiger partial charge in [-0.25, -0.2) is 0 Å². The van der Waals surface area contributed by atoms with Gasteiger partial charge in [-0.15, -0.1) is 11.8 Å². The van der Waals surface area contributed by atoms with Crippen LogP contribution in [-0.2, 0) is 0 Å². The molecule has 0 N–H and O–H groups in total. The van der Waals surface area contributed by atoms with Gasteiger partial charge in [-0.3, -0.25) is 0 Å². The van der Waals surface area contributed by atoms with E-state index in [1.54, 1.807) is 26.0 Å². The van der Waals surface area contributed by atoms with E-state index in [1.165, 1.54) is 10.5 Å². The zero-order valence-electron chi connectivity index (χ0n) is 11.9. The molecule has 0 amide bonds. The standard InChI is InChI=1S/C17H18O2S/c1-18-15-10-9-13(11-16(15)19-2)12-17(20-3)14-7-5-4-6-8-14/h4-12H,1-3H3/b17-12-. The Kier molecular flexibility index (Phi) is 5.13. The summed E-state index contributed by atoms with van der Waals surface area (Å²) < 4.78 is 10.6. The van der Waals surface area contributed by atoms with E-state index in [9.17, 15) is 0 Å². The van der Waals surface area contributed by atoms with Crippen LogP contribution < -0.4 is 9.47 Å². The van der Waals surface area contributed by atoms with Crippen LogP contribution in [0.2, 0.25) is 0 Å². The Morgan fingerprint density at radius 1 is 0.950 bits per heavy atom. The van der Waals surface area contributed by atoms with Gasteiger partial charge in [0.1, 0.15) is 0 Å². The highest BCUT2D eigenvalue weighted by Gasteiger charge is 2.05. The summed E-state index contributed by atoms with van der Waals surface area (Å²) in [4.78, 5) is 1.22. The van der Waals surface area contributed by atoms with Crippen LogP contribution in [0.5, 0.6) is 11.5 Å². The molecule has 0 aliphatic carbocycles. The van der Waals surface area contributed by atoms with Gasteiger partial charge in [-0.2, -0.15) is 0 Å². The lowest BCUT2D eigenvalue weighted by molar-refractivity contribution is 0.355. The smallest absolute Gasteiger partial charge is 0.161 e. The van der Waals surface area contributed by atoms with Gasteiger partial charge in [0.05, 0.1) is 14.2 Å². The summed E-state index contributed by atoms with van der Waals surface area (Å²) in [6.45, 7) is 0. The van der Waals surface area contributed by atoms with Gasteiger partial charge in [0.15, 0.2) is 11.5 Å². The zero-order valence-corrected chi connectivity index (χ0v) is 12.7. The normalized spacial score (nSPS) is 11.2. The minimum atomic E-state index is 0.745. The fraction of sp³-hybridized carbons (Fsp3) is 0.176. The Hall–Kier alpha value is -1.87. The average Bonchev–Trinajstić information content (AvgIpc) is 2.53. The molecular formula is C17H18O2S. The first-order valence-corrected chi connectivity index (χ1v) is 7.54. The summed E-state index contributed by atoms with van der Waals surface area (Å²) in [5, 5.41) is 0. The number of methoxy groups -OCH3 is 2. The monoisotopic (exact) mass is 286 g/mol. The van der Waals surface area contributed by atoms with E-state index in [2.05, 4.69) is 24.5 Å². The molecule has 104 valence electrons. The topological polar surface area (TPSA) is 18.5 Å². The van der Waals surface area contributed by atoms with E-state index in [4.69, 9.17) is 9.47 Å². The summed E-state index contributed by atoms with van der Waals surface area (Å²) >= 11 is 1.73. The Balaban J connectivity index is 2.38. The molecule has 2 aromatic carbocycles. The van der Waals surface area contributed by atoms with E-state index >= 15 is 0 Å². The van der Waals surface area contributed by atoms with Crippen molar-refractivity contribution in [2.45, 2.75) is 0 Å². The van der Waals surface area contributed by atoms with Crippen molar-refractivity contribution in [3.63, 3.8) is 0 Å². The first kappa shape index (κ1) is 14.5. The molecule has 2 nitrogen and oxygen atoms in total. The third-order valence-corrected chi connectivity index (χ3v) is 3.78. The molecule has 0 saturated carbocycles. The summed E-state index contributed by atoms with van der Waals surface area (Å²) in [6, 6.07) is 16.3. The van der Waals surface area contributed by atoms with Crippen LogP contribution in [0, 0.1) is 0 Å². The van der Waals surface area contributed by atoms with Crippen LogP contribution in [0.4, 0.5) is 0 Å². The van der Waals surface area contributed by atoms with Crippen molar-refractivity contribution in [3.05, 3.63) is 59.7 Å². The Bertz CT molecular complexity index is 591. The van der Waals surface area contributed by atoms with Crippen molar-refractivity contribution in [2.24, 2.45) is 0 Å². The highest BCUT2D eigenvalue weighted by molar-refractivity contribution is 8.07. The number of hydrogen-bond donors (Lipinski definition) is 0. The molecule has 0 fully saturated rings. The van der Waals surface area contributed by atoms with E-state index in [0.717, 1.165) is 17.1 Å². The van der Waals surface area contributed by atoms with Gasteiger partial charge in [0.2, 0.25) is 0 Å². The second-order valence-electron chi connectivity index (χ2n) is 4.19. The van der Waals surface area contributed by atoms with Gasteiger partial charge in [-0.1, -0.05) is 36.4 Å². The summed E-state index contributed by atoms with van der Waals surface area (Å²) in [7, 11) is 3.29. The minimum absolute atomic E-state index is 0.745. The quantitative estimate of drug-likeness (QED) is 0.750. The van der Waals surface area contributed by atoms with Crippen molar-refractivity contribution in [1.29, 1.82) is 0 Å². The largest absolute Gasteiger partial charge is 0.493 e. The van der Waals surface area contributed by atoms with Crippen molar-refractivity contribution >= 4 is 22.7 Å². The maximum atomic E-state index is 5.34. The van der Waals surface area contributed by atoms with Gasteiger partial charge < -0.3 is 9.47 Å². The molecule has 3 heteroatoms. The molecule has 0 unspecified atom stereocenters. The van der Waals surface area contributed by atoms with Gasteiger partial charge >= 0.3 is 0 Å². The van der Waals surface area contributed by atoms with Gasteiger partial charge in [0.25, 0.3) is 0 Å². The van der Waals surface area contributed by atoms with Crippen molar-refractivity contribution in [2.75, 3.05) is 20.5 Å². The molecule has 0 radical (unpaired) electrons. The summed E-state index contributed by atoms with van der Waals surface area (Å²) in [6.07, 6.45) is 4.24. The van der Waals surface area contributed by atoms with Crippen LogP contribution >= 0.6 is 11.8 Å². The SMILES string of the molecule is COc1ccc(/C=C(\SC)c2ccccc2)cc1OC. The van der Waals surface area contributed by atoms with Crippen molar-refractivity contribution in [3.8, 4) is 11.5 Å². The van der Waals surface area contributed by atoms with Crippen LogP contribution in [0.1, 0.15) is 11.1 Å². The number of benzene rings is 2. The number of rotatable bonds is 5. The highest BCUT2D eigenvalue weighted by atomic mass is 32.2. The third-order valence-electron chi connectivity index (χ3n) is 2.98. The first-order chi connectivity index (χ1) is 9.78. The predicted molar refractivity (Wildman–Crippen MR) is 87.4 cm³/mol. The van der Waals surface area contributed by atoms with Gasteiger partial charge in [0, 0.05) is 4.91 Å². The van der Waals surface area contributed by atoms with E-state index < -0.39 is 0 Å². The predicted octanol–water partition coefficient (Wildman–Crippen LogP) is 4.56. The average molecular weight is 286 g/mol. The van der Waals surface area contributed by atoms with Crippen LogP contribution in [-0.4, -0.2) is 20.5 Å². The highest BCUT2D eigenvalue weighted by Crippen LogP contribution is 2.32. The molecular weight excluding hydrogens is 268 g/mol. The summed E-state index contributed by atoms with van der Waals surface area (Å²) in [5.74, 6) is 1.49. The van der Waals surface area contributed by atoms with E-state index in [1.807, 2.05) is 36.4 Å². The lowest BCUT2D eigenvalue weighted by atomic mass is 10.1. The number of hydrogen-bond acceptors (Lipinski definition) is 3. The van der Waals surface area contributed by atoms with Gasteiger partial charge in [-0.05, 0) is 35.6 Å². The molecule has 0 aromatic heterocycles. The maximum absolute atomic E-state index is 5.34. The zero-order chi connectivity index (χ0) is 14.4. The molecule has 0 bridgehead atoms. The lowest BCUT2D eigenvalue weighted by Gasteiger charge is -2.09. The minimum Gasteiger partial charge on any atom is -0.493 e. The molecule has 0 aliphatic rings. The Labute approximate surface area is 124 Å². The maximum Gasteiger partial charge on any atom is 0.161 e. The van der Waals surface area contributed by atoms with Crippen LogP contribution in [0.15, 0.2) is 48.5 Å². The molecule has 0 aliphatic heterocycles. The van der Waals surface area contributed by atoms with Crippen molar-refractivity contribution in [1.82, 2.24) is 0 Å². The summed E-state index contributed by atoms with van der Waals surface area (Å²) in [5.41, 5.74) is 2.31. The van der Waals surface area contributed by atoms with Crippen LogP contribution in [0.3, 0.4) is 0 Å². The Morgan fingerprint density at radius 2 is 1.65 bits per heavy atom. The second-order valence-corrected chi connectivity index (χ2v) is 5.04. The molecule has 0 heterocycles. The number of thioether (sulfide) groups is 1. The lowest BCUT2D eigenvalue weighted by Crippen LogP contribution is -1.90. The first-order valence-electron chi connectivity index (χ1n) is 6.31. The van der Waals surface area contributed by atoms with E-state index in [-0.39, 0.29) is 0 Å². The molecule has 0 atom stereocenters. The molecule has 0 spiro atoms. The Morgan fingerprint density at radius 3 is 2.25 bits per heavy atom. The number of ether oxygens (including phenoxy) is 2. The van der Waals surface area contributed by atoms with E-state index in [0.29, 0.717) is 0 Å². The third kappa shape index (κ3) is 3.36. The fourth-order valence-electron chi connectivity index (χ4n) is 1.96.